The van der Waals surface area contributed by atoms with Gasteiger partial charge >= 0.3 is 0 Å². The van der Waals surface area contributed by atoms with Gasteiger partial charge in [0.05, 0.1) is 6.42 Å². The molecule has 0 unspecified atom stereocenters. The smallest absolute Gasteiger partial charge is 0.224 e. The fraction of sp³-hybridized carbons (Fsp3) is 0.158. The predicted molar refractivity (Wildman–Crippen MR) is 94.3 cm³/mol. The molecule has 0 bridgehead atoms. The van der Waals surface area contributed by atoms with Gasteiger partial charge in [0.15, 0.2) is 0 Å². The second-order valence-corrected chi connectivity index (χ2v) is 6.29. The number of aryl methyl sites for hydroxylation is 1. The van der Waals surface area contributed by atoms with Gasteiger partial charge in [0.1, 0.15) is 5.01 Å². The van der Waals surface area contributed by atoms with Crippen molar-refractivity contribution in [1.82, 2.24) is 10.3 Å². The normalized spacial score (nSPS) is 10.5. The number of carbonyl (C=O) groups excluding carboxylic acids is 1. The average Bonchev–Trinajstić information content (AvgIpc) is 3.01. The van der Waals surface area contributed by atoms with E-state index >= 15 is 0 Å². The fourth-order valence-electron chi connectivity index (χ4n) is 2.35. The Hall–Kier alpha value is -2.46. The van der Waals surface area contributed by atoms with E-state index in [0.29, 0.717) is 13.0 Å². The van der Waals surface area contributed by atoms with Gasteiger partial charge in [0.25, 0.3) is 0 Å². The third kappa shape index (κ3) is 4.27. The summed E-state index contributed by atoms with van der Waals surface area (Å²) in [5.41, 5.74) is 4.23. The number of rotatable bonds is 5. The van der Waals surface area contributed by atoms with Crippen LogP contribution in [-0.4, -0.2) is 10.9 Å². The van der Waals surface area contributed by atoms with E-state index in [2.05, 4.69) is 16.4 Å². The first-order chi connectivity index (χ1) is 11.2. The molecule has 3 aromatic rings. The molecule has 4 heteroatoms. The third-order valence-electron chi connectivity index (χ3n) is 3.49. The maximum atomic E-state index is 12.0. The van der Waals surface area contributed by atoms with Crippen LogP contribution in [-0.2, 0) is 17.8 Å². The summed E-state index contributed by atoms with van der Waals surface area (Å²) >= 11 is 1.64. The van der Waals surface area contributed by atoms with Gasteiger partial charge in [-0.2, -0.15) is 0 Å². The molecule has 23 heavy (non-hydrogen) atoms. The number of aromatic nitrogens is 1. The van der Waals surface area contributed by atoms with Crippen molar-refractivity contribution in [3.8, 4) is 10.6 Å². The van der Waals surface area contributed by atoms with Crippen molar-refractivity contribution in [3.05, 3.63) is 76.8 Å². The molecule has 3 nitrogen and oxygen atoms in total. The number of benzene rings is 2. The Labute approximate surface area is 140 Å². The number of amides is 1. The number of nitrogens with one attached hydrogen (secondary N) is 1. The second kappa shape index (κ2) is 7.20. The van der Waals surface area contributed by atoms with Crippen molar-refractivity contribution in [2.45, 2.75) is 19.9 Å². The van der Waals surface area contributed by atoms with Gasteiger partial charge in [-0.15, -0.1) is 11.3 Å². The maximum Gasteiger partial charge on any atom is 0.224 e. The fourth-order valence-corrected chi connectivity index (χ4v) is 3.14. The Morgan fingerprint density at radius 3 is 2.61 bits per heavy atom. The van der Waals surface area contributed by atoms with Crippen LogP contribution in [0.15, 0.2) is 60.0 Å². The topological polar surface area (TPSA) is 42.0 Å². The van der Waals surface area contributed by atoms with Crippen molar-refractivity contribution >= 4 is 17.2 Å². The highest BCUT2D eigenvalue weighted by Crippen LogP contribution is 2.24. The molecular formula is C19H18N2OS. The standard InChI is InChI=1S/C19H18N2OS/c1-14-13-23-19(21-14)17-9-5-8-16(10-17)12-20-18(22)11-15-6-3-2-4-7-15/h2-10,13H,11-12H2,1H3,(H,20,22). The Balaban J connectivity index is 1.61. The molecule has 0 aliphatic heterocycles. The highest BCUT2D eigenvalue weighted by atomic mass is 32.1. The van der Waals surface area contributed by atoms with Crippen LogP contribution < -0.4 is 5.32 Å². The van der Waals surface area contributed by atoms with Crippen molar-refractivity contribution in [2.24, 2.45) is 0 Å². The van der Waals surface area contributed by atoms with E-state index in [1.807, 2.05) is 60.8 Å². The van der Waals surface area contributed by atoms with Crippen LogP contribution in [0.5, 0.6) is 0 Å². The predicted octanol–water partition coefficient (Wildman–Crippen LogP) is 3.98. The van der Waals surface area contributed by atoms with Crippen LogP contribution in [0.2, 0.25) is 0 Å². The zero-order valence-corrected chi connectivity index (χ0v) is 13.8. The van der Waals surface area contributed by atoms with Crippen molar-refractivity contribution in [1.29, 1.82) is 0 Å². The van der Waals surface area contributed by atoms with Crippen molar-refractivity contribution < 1.29 is 4.79 Å². The zero-order chi connectivity index (χ0) is 16.1. The number of hydrogen-bond acceptors (Lipinski definition) is 3. The summed E-state index contributed by atoms with van der Waals surface area (Å²) in [5, 5.41) is 6.03. The molecule has 0 aliphatic carbocycles. The number of nitrogens with zero attached hydrogens (tertiary/aromatic N) is 1. The van der Waals surface area contributed by atoms with Crippen molar-refractivity contribution in [3.63, 3.8) is 0 Å². The van der Waals surface area contributed by atoms with Crippen molar-refractivity contribution in [2.75, 3.05) is 0 Å². The molecule has 0 atom stereocenters. The first kappa shape index (κ1) is 15.4. The lowest BCUT2D eigenvalue weighted by Crippen LogP contribution is -2.24. The van der Waals surface area contributed by atoms with E-state index in [1.165, 1.54) is 0 Å². The van der Waals surface area contributed by atoms with E-state index in [-0.39, 0.29) is 5.91 Å². The van der Waals surface area contributed by atoms with Gasteiger partial charge in [-0.25, -0.2) is 4.98 Å². The first-order valence-corrected chi connectivity index (χ1v) is 8.41. The first-order valence-electron chi connectivity index (χ1n) is 7.53. The monoisotopic (exact) mass is 322 g/mol. The Kier molecular flexibility index (Phi) is 4.83. The van der Waals surface area contributed by atoms with Crippen LogP contribution in [0.25, 0.3) is 10.6 Å². The summed E-state index contributed by atoms with van der Waals surface area (Å²) < 4.78 is 0. The quantitative estimate of drug-likeness (QED) is 0.772. The molecule has 0 radical (unpaired) electrons. The summed E-state index contributed by atoms with van der Waals surface area (Å²) in [7, 11) is 0. The van der Waals surface area contributed by atoms with E-state index in [4.69, 9.17) is 0 Å². The van der Waals surface area contributed by atoms with E-state index in [0.717, 1.165) is 27.4 Å². The summed E-state index contributed by atoms with van der Waals surface area (Å²) in [4.78, 5) is 16.5. The molecule has 2 aromatic carbocycles. The van der Waals surface area contributed by atoms with Crippen LogP contribution >= 0.6 is 11.3 Å². The number of hydrogen-bond donors (Lipinski definition) is 1. The highest BCUT2D eigenvalue weighted by Gasteiger charge is 2.06. The summed E-state index contributed by atoms with van der Waals surface area (Å²) in [5.74, 6) is 0.0340. The van der Waals surface area contributed by atoms with Crippen LogP contribution in [0.4, 0.5) is 0 Å². The molecule has 1 N–H and O–H groups in total. The molecule has 1 amide bonds. The van der Waals surface area contributed by atoms with Gasteiger partial charge < -0.3 is 5.32 Å². The number of thiazole rings is 1. The van der Waals surface area contributed by atoms with Gasteiger partial charge in [-0.1, -0.05) is 48.5 Å². The Morgan fingerprint density at radius 1 is 1.09 bits per heavy atom. The van der Waals surface area contributed by atoms with Gasteiger partial charge in [0, 0.05) is 23.2 Å². The summed E-state index contributed by atoms with van der Waals surface area (Å²) in [6.45, 7) is 2.53. The zero-order valence-electron chi connectivity index (χ0n) is 13.0. The Morgan fingerprint density at radius 2 is 1.87 bits per heavy atom. The largest absolute Gasteiger partial charge is 0.352 e. The molecule has 0 saturated carbocycles. The maximum absolute atomic E-state index is 12.0. The minimum Gasteiger partial charge on any atom is -0.352 e. The molecule has 116 valence electrons. The van der Waals surface area contributed by atoms with Gasteiger partial charge in [0.2, 0.25) is 5.91 Å². The molecule has 3 rings (SSSR count). The highest BCUT2D eigenvalue weighted by molar-refractivity contribution is 7.13. The molecule has 1 heterocycles. The lowest BCUT2D eigenvalue weighted by Gasteiger charge is -2.07. The third-order valence-corrected chi connectivity index (χ3v) is 4.50. The second-order valence-electron chi connectivity index (χ2n) is 5.43. The molecule has 0 spiro atoms. The minimum absolute atomic E-state index is 0.0340. The van der Waals surface area contributed by atoms with Crippen LogP contribution in [0.1, 0.15) is 16.8 Å². The Bertz CT molecular complexity index is 796. The molecule has 0 aliphatic rings. The molecule has 1 aromatic heterocycles. The van der Waals surface area contributed by atoms with E-state index in [9.17, 15) is 4.79 Å². The lowest BCUT2D eigenvalue weighted by atomic mass is 10.1. The van der Waals surface area contributed by atoms with Crippen LogP contribution in [0.3, 0.4) is 0 Å². The van der Waals surface area contributed by atoms with Gasteiger partial charge in [-0.3, -0.25) is 4.79 Å². The minimum atomic E-state index is 0.0340. The molecule has 0 fully saturated rings. The summed E-state index contributed by atoms with van der Waals surface area (Å²) in [6, 6.07) is 17.9. The SMILES string of the molecule is Cc1csc(-c2cccc(CNC(=O)Cc3ccccc3)c2)n1. The molecule has 0 saturated heterocycles. The lowest BCUT2D eigenvalue weighted by molar-refractivity contribution is -0.120. The average molecular weight is 322 g/mol. The van der Waals surface area contributed by atoms with Gasteiger partial charge in [-0.05, 0) is 24.1 Å². The van der Waals surface area contributed by atoms with Crippen LogP contribution in [0, 0.1) is 6.92 Å². The van der Waals surface area contributed by atoms with E-state index < -0.39 is 0 Å². The van der Waals surface area contributed by atoms with E-state index in [1.54, 1.807) is 11.3 Å². The number of carbonyl (C=O) groups is 1. The molecular weight excluding hydrogens is 304 g/mol. The summed E-state index contributed by atoms with van der Waals surface area (Å²) in [6.07, 6.45) is 0.409.